The maximum absolute atomic E-state index is 10.4. The Labute approximate surface area is 92.1 Å². The molecule has 1 aromatic rings. The van der Waals surface area contributed by atoms with Crippen LogP contribution in [0.2, 0.25) is 0 Å². The molecule has 3 N–H and O–H groups in total. The van der Waals surface area contributed by atoms with Gasteiger partial charge in [-0.05, 0) is 19.3 Å². The second-order valence-electron chi connectivity index (χ2n) is 3.92. The Morgan fingerprint density at radius 3 is 3.07 bits per heavy atom. The number of aromatic nitrogens is 1. The molecule has 1 heterocycles. The maximum atomic E-state index is 10.4. The third-order valence-corrected chi connectivity index (χ3v) is 3.57. The molecule has 0 amide bonds. The molecule has 5 heteroatoms. The second kappa shape index (κ2) is 4.28. The molecule has 82 valence electrons. The summed E-state index contributed by atoms with van der Waals surface area (Å²) in [6.45, 7) is 0. The van der Waals surface area contributed by atoms with Crippen molar-refractivity contribution in [1.29, 1.82) is 0 Å². The molecule has 0 saturated heterocycles. The van der Waals surface area contributed by atoms with Gasteiger partial charge in [0.1, 0.15) is 0 Å². The smallest absolute Gasteiger partial charge is 0.303 e. The first kappa shape index (κ1) is 10.6. The van der Waals surface area contributed by atoms with Crippen molar-refractivity contribution in [2.24, 2.45) is 5.73 Å². The predicted octanol–water partition coefficient (Wildman–Crippen LogP) is 1.89. The molecule has 1 aliphatic rings. The van der Waals surface area contributed by atoms with Gasteiger partial charge in [0.25, 0.3) is 0 Å². The fourth-order valence-corrected chi connectivity index (χ4v) is 2.53. The third kappa shape index (κ3) is 2.54. The summed E-state index contributed by atoms with van der Waals surface area (Å²) in [5, 5.41) is 8.58. The zero-order valence-corrected chi connectivity index (χ0v) is 9.17. The van der Waals surface area contributed by atoms with Crippen molar-refractivity contribution < 1.29 is 9.90 Å². The maximum Gasteiger partial charge on any atom is 0.303 e. The van der Waals surface area contributed by atoms with Crippen LogP contribution in [0.4, 0.5) is 0 Å². The van der Waals surface area contributed by atoms with Crippen LogP contribution in [0, 0.1) is 0 Å². The molecule has 0 aliphatic heterocycles. The highest BCUT2D eigenvalue weighted by atomic mass is 32.1. The highest BCUT2D eigenvalue weighted by Gasteiger charge is 2.30. The summed E-state index contributed by atoms with van der Waals surface area (Å²) in [5.41, 5.74) is 8.88. The first-order valence-electron chi connectivity index (χ1n) is 5.09. The number of nitrogens with two attached hydrogens (primary N) is 1. The minimum Gasteiger partial charge on any atom is -0.481 e. The van der Waals surface area contributed by atoms with E-state index in [-0.39, 0.29) is 12.5 Å². The summed E-state index contributed by atoms with van der Waals surface area (Å²) in [7, 11) is 0. The molecular weight excluding hydrogens is 212 g/mol. The zero-order chi connectivity index (χ0) is 10.8. The van der Waals surface area contributed by atoms with E-state index in [1.165, 1.54) is 12.8 Å². The highest BCUT2D eigenvalue weighted by molar-refractivity contribution is 7.09. The van der Waals surface area contributed by atoms with Gasteiger partial charge in [-0.1, -0.05) is 0 Å². The summed E-state index contributed by atoms with van der Waals surface area (Å²) >= 11 is 1.55. The van der Waals surface area contributed by atoms with Gasteiger partial charge in [-0.2, -0.15) is 0 Å². The van der Waals surface area contributed by atoms with Crippen LogP contribution in [-0.4, -0.2) is 16.1 Å². The Bertz CT molecular complexity index is 360. The lowest BCUT2D eigenvalue weighted by atomic mass is 10.1. The molecular formula is C10H14N2O2S. The minimum absolute atomic E-state index is 0.128. The monoisotopic (exact) mass is 226 g/mol. The molecule has 2 rings (SSSR count). The number of carboxylic acid groups (broad SMARTS) is 1. The number of thiazole rings is 1. The quantitative estimate of drug-likeness (QED) is 0.803. The van der Waals surface area contributed by atoms with Gasteiger partial charge in [0.15, 0.2) is 0 Å². The molecule has 1 fully saturated rings. The molecule has 1 unspecified atom stereocenters. The van der Waals surface area contributed by atoms with Gasteiger partial charge in [-0.15, -0.1) is 11.3 Å². The van der Waals surface area contributed by atoms with Gasteiger partial charge < -0.3 is 10.8 Å². The van der Waals surface area contributed by atoms with Gasteiger partial charge in [0.05, 0.1) is 11.2 Å². The number of carbonyl (C=O) groups is 1. The number of carboxylic acids is 1. The van der Waals surface area contributed by atoms with Crippen LogP contribution in [0.25, 0.3) is 0 Å². The van der Waals surface area contributed by atoms with Gasteiger partial charge in [-0.3, -0.25) is 4.79 Å². The van der Waals surface area contributed by atoms with E-state index in [9.17, 15) is 4.79 Å². The largest absolute Gasteiger partial charge is 0.481 e. The fraction of sp³-hybridized carbons (Fsp3) is 0.600. The highest BCUT2D eigenvalue weighted by Crippen LogP contribution is 2.43. The first-order chi connectivity index (χ1) is 7.18. The Balaban J connectivity index is 2.00. The lowest BCUT2D eigenvalue weighted by Crippen LogP contribution is -2.12. The van der Waals surface area contributed by atoms with Crippen LogP contribution >= 0.6 is 11.3 Å². The normalized spacial score (nSPS) is 17.7. The standard InChI is InChI=1S/C10H14N2O2S/c11-7(3-4-8(13)14)10-9(6-1-2-6)12-5-15-10/h5-7H,1-4,11H2,(H,13,14). The SMILES string of the molecule is NC(CCC(=O)O)c1scnc1C1CC1. The van der Waals surface area contributed by atoms with Crippen molar-refractivity contribution >= 4 is 17.3 Å². The Kier molecular flexibility index (Phi) is 3.02. The van der Waals surface area contributed by atoms with Crippen LogP contribution in [0.3, 0.4) is 0 Å². The van der Waals surface area contributed by atoms with E-state index in [0.29, 0.717) is 12.3 Å². The molecule has 4 nitrogen and oxygen atoms in total. The van der Waals surface area contributed by atoms with Gasteiger partial charge in [-0.25, -0.2) is 4.98 Å². The number of hydrogen-bond donors (Lipinski definition) is 2. The molecule has 0 radical (unpaired) electrons. The average Bonchev–Trinajstić information content (AvgIpc) is 2.93. The van der Waals surface area contributed by atoms with Gasteiger partial charge in [0.2, 0.25) is 0 Å². The summed E-state index contributed by atoms with van der Waals surface area (Å²) in [6.07, 6.45) is 3.02. The van der Waals surface area contributed by atoms with Crippen LogP contribution in [0.1, 0.15) is 48.2 Å². The van der Waals surface area contributed by atoms with E-state index in [4.69, 9.17) is 10.8 Å². The fourth-order valence-electron chi connectivity index (χ4n) is 1.61. The Morgan fingerprint density at radius 2 is 2.47 bits per heavy atom. The topological polar surface area (TPSA) is 76.2 Å². The van der Waals surface area contributed by atoms with Gasteiger partial charge in [0, 0.05) is 23.3 Å². The molecule has 1 aromatic heterocycles. The predicted molar refractivity (Wildman–Crippen MR) is 57.9 cm³/mol. The number of hydrogen-bond acceptors (Lipinski definition) is 4. The molecule has 1 aliphatic carbocycles. The van der Waals surface area contributed by atoms with Crippen molar-refractivity contribution in [2.75, 3.05) is 0 Å². The van der Waals surface area contributed by atoms with E-state index in [1.807, 2.05) is 5.51 Å². The molecule has 1 saturated carbocycles. The average molecular weight is 226 g/mol. The lowest BCUT2D eigenvalue weighted by Gasteiger charge is -2.09. The Hall–Kier alpha value is -0.940. The molecule has 0 spiro atoms. The van der Waals surface area contributed by atoms with E-state index >= 15 is 0 Å². The lowest BCUT2D eigenvalue weighted by molar-refractivity contribution is -0.137. The molecule has 0 aromatic carbocycles. The van der Waals surface area contributed by atoms with E-state index in [0.717, 1.165) is 10.6 Å². The van der Waals surface area contributed by atoms with E-state index in [1.54, 1.807) is 11.3 Å². The number of aliphatic carboxylic acids is 1. The second-order valence-corrected chi connectivity index (χ2v) is 4.80. The molecule has 15 heavy (non-hydrogen) atoms. The molecule has 0 bridgehead atoms. The van der Waals surface area contributed by atoms with Crippen LogP contribution in [-0.2, 0) is 4.79 Å². The van der Waals surface area contributed by atoms with Crippen LogP contribution in [0.5, 0.6) is 0 Å². The number of nitrogens with zero attached hydrogens (tertiary/aromatic N) is 1. The zero-order valence-electron chi connectivity index (χ0n) is 8.35. The van der Waals surface area contributed by atoms with E-state index < -0.39 is 5.97 Å². The van der Waals surface area contributed by atoms with Crippen molar-refractivity contribution in [1.82, 2.24) is 4.98 Å². The van der Waals surface area contributed by atoms with E-state index in [2.05, 4.69) is 4.98 Å². The van der Waals surface area contributed by atoms with Crippen molar-refractivity contribution in [3.8, 4) is 0 Å². The van der Waals surface area contributed by atoms with Crippen molar-refractivity contribution in [2.45, 2.75) is 37.6 Å². The Morgan fingerprint density at radius 1 is 1.73 bits per heavy atom. The van der Waals surface area contributed by atoms with Crippen LogP contribution < -0.4 is 5.73 Å². The number of rotatable bonds is 5. The summed E-state index contributed by atoms with van der Waals surface area (Å²) in [4.78, 5) is 15.8. The van der Waals surface area contributed by atoms with Crippen molar-refractivity contribution in [3.05, 3.63) is 16.1 Å². The van der Waals surface area contributed by atoms with Crippen LogP contribution in [0.15, 0.2) is 5.51 Å². The third-order valence-electron chi connectivity index (χ3n) is 2.59. The minimum atomic E-state index is -0.789. The molecule has 1 atom stereocenters. The van der Waals surface area contributed by atoms with Gasteiger partial charge >= 0.3 is 5.97 Å². The van der Waals surface area contributed by atoms with Crippen molar-refractivity contribution in [3.63, 3.8) is 0 Å². The summed E-state index contributed by atoms with van der Waals surface area (Å²) in [5.74, 6) is -0.204. The summed E-state index contributed by atoms with van der Waals surface area (Å²) in [6, 6.07) is -0.163. The summed E-state index contributed by atoms with van der Waals surface area (Å²) < 4.78 is 0. The first-order valence-corrected chi connectivity index (χ1v) is 5.97.